The predicted octanol–water partition coefficient (Wildman–Crippen LogP) is 4.64. The van der Waals surface area contributed by atoms with Gasteiger partial charge in [0.2, 0.25) is 10.0 Å². The van der Waals surface area contributed by atoms with E-state index < -0.39 is 10.0 Å². The van der Waals surface area contributed by atoms with E-state index in [-0.39, 0.29) is 10.9 Å². The molecule has 0 spiro atoms. The van der Waals surface area contributed by atoms with E-state index in [2.05, 4.69) is 34.6 Å². The van der Waals surface area contributed by atoms with E-state index in [1.807, 2.05) is 12.1 Å². The van der Waals surface area contributed by atoms with Crippen LogP contribution in [0.2, 0.25) is 0 Å². The van der Waals surface area contributed by atoms with Gasteiger partial charge in [-0.25, -0.2) is 22.7 Å². The number of sulfonamides is 1. The van der Waals surface area contributed by atoms with Crippen molar-refractivity contribution in [1.82, 2.24) is 23.7 Å². The van der Waals surface area contributed by atoms with Gasteiger partial charge >= 0.3 is 0 Å². The number of rotatable bonds is 6. The van der Waals surface area contributed by atoms with Gasteiger partial charge in [0.15, 0.2) is 0 Å². The highest BCUT2D eigenvalue weighted by molar-refractivity contribution is 7.89. The van der Waals surface area contributed by atoms with Crippen molar-refractivity contribution in [2.24, 2.45) is 0 Å². The van der Waals surface area contributed by atoms with Crippen molar-refractivity contribution in [3.05, 3.63) is 53.3 Å². The summed E-state index contributed by atoms with van der Waals surface area (Å²) in [5.74, 6) is 0.972. The Kier molecular flexibility index (Phi) is 5.98. The summed E-state index contributed by atoms with van der Waals surface area (Å²) in [6.07, 6.45) is 3.46. The SMILES string of the molecule is CCn1c(CN2CCCCC2c2nc3ccccc3s2)nc2cc(S(=O)(=O)N(C)C)ccc21. The van der Waals surface area contributed by atoms with Crippen LogP contribution >= 0.6 is 11.3 Å². The van der Waals surface area contributed by atoms with Crippen molar-refractivity contribution < 1.29 is 8.42 Å². The van der Waals surface area contributed by atoms with E-state index in [1.165, 1.54) is 26.9 Å². The molecule has 0 N–H and O–H groups in total. The topological polar surface area (TPSA) is 71.3 Å². The number of benzene rings is 2. The summed E-state index contributed by atoms with van der Waals surface area (Å²) in [7, 11) is -0.397. The second-order valence-electron chi connectivity index (χ2n) is 8.71. The van der Waals surface area contributed by atoms with Gasteiger partial charge in [-0.3, -0.25) is 4.90 Å². The summed E-state index contributed by atoms with van der Waals surface area (Å²) in [5, 5.41) is 1.18. The Labute approximate surface area is 198 Å². The first kappa shape index (κ1) is 22.5. The number of aromatic nitrogens is 3. The van der Waals surface area contributed by atoms with E-state index >= 15 is 0 Å². The van der Waals surface area contributed by atoms with E-state index in [1.54, 1.807) is 37.6 Å². The third-order valence-corrected chi connectivity index (χ3v) is 9.40. The molecule has 174 valence electrons. The number of imidazole rings is 1. The van der Waals surface area contributed by atoms with Gasteiger partial charge in [0.1, 0.15) is 10.8 Å². The molecule has 1 saturated heterocycles. The van der Waals surface area contributed by atoms with E-state index in [4.69, 9.17) is 9.97 Å². The van der Waals surface area contributed by atoms with Crippen LogP contribution in [0.1, 0.15) is 43.1 Å². The van der Waals surface area contributed by atoms with E-state index in [9.17, 15) is 8.42 Å². The molecule has 2 aromatic carbocycles. The first-order valence-electron chi connectivity index (χ1n) is 11.4. The molecule has 1 aliphatic rings. The first-order valence-corrected chi connectivity index (χ1v) is 13.7. The third kappa shape index (κ3) is 4.07. The molecule has 33 heavy (non-hydrogen) atoms. The van der Waals surface area contributed by atoms with Crippen LogP contribution < -0.4 is 0 Å². The van der Waals surface area contributed by atoms with Gasteiger partial charge in [-0.1, -0.05) is 18.6 Å². The fraction of sp³-hybridized carbons (Fsp3) is 0.417. The lowest BCUT2D eigenvalue weighted by molar-refractivity contribution is 0.135. The Balaban J connectivity index is 1.50. The number of hydrogen-bond acceptors (Lipinski definition) is 6. The molecule has 0 saturated carbocycles. The Morgan fingerprint density at radius 1 is 1.09 bits per heavy atom. The lowest BCUT2D eigenvalue weighted by atomic mass is 10.0. The molecule has 1 unspecified atom stereocenters. The summed E-state index contributed by atoms with van der Waals surface area (Å²) >= 11 is 1.79. The largest absolute Gasteiger partial charge is 0.327 e. The highest BCUT2D eigenvalue weighted by Crippen LogP contribution is 2.36. The van der Waals surface area contributed by atoms with Crippen LogP contribution in [-0.2, 0) is 23.1 Å². The standard InChI is InChI=1S/C24H29N5O2S2/c1-4-29-20-13-12-17(33(30,31)27(2)3)15-19(20)25-23(29)16-28-14-8-7-10-21(28)24-26-18-9-5-6-11-22(18)32-24/h5-6,9,11-13,15,21H,4,7-8,10,14,16H2,1-3H3. The van der Waals surface area contributed by atoms with Crippen LogP contribution in [-0.4, -0.2) is 52.8 Å². The maximum atomic E-state index is 12.6. The molecule has 1 atom stereocenters. The van der Waals surface area contributed by atoms with Crippen LogP contribution in [0.15, 0.2) is 47.4 Å². The van der Waals surface area contributed by atoms with Gasteiger partial charge in [0.25, 0.3) is 0 Å². The summed E-state index contributed by atoms with van der Waals surface area (Å²) in [6, 6.07) is 13.9. The fourth-order valence-electron chi connectivity index (χ4n) is 4.68. The molecular weight excluding hydrogens is 454 g/mol. The maximum absolute atomic E-state index is 12.6. The fourth-order valence-corrected chi connectivity index (χ4v) is 6.74. The number of piperidine rings is 1. The molecule has 9 heteroatoms. The van der Waals surface area contributed by atoms with E-state index in [0.29, 0.717) is 0 Å². The number of thiazole rings is 1. The molecule has 4 aromatic rings. The van der Waals surface area contributed by atoms with Crippen molar-refractivity contribution in [3.63, 3.8) is 0 Å². The average molecular weight is 484 g/mol. The molecular formula is C24H29N5O2S2. The van der Waals surface area contributed by atoms with Crippen molar-refractivity contribution in [2.45, 2.75) is 50.2 Å². The second kappa shape index (κ2) is 8.79. The average Bonchev–Trinajstić information content (AvgIpc) is 3.39. The number of nitrogens with zero attached hydrogens (tertiary/aromatic N) is 5. The Bertz CT molecular complexity index is 1370. The van der Waals surface area contributed by atoms with E-state index in [0.717, 1.165) is 48.4 Å². The minimum atomic E-state index is -3.50. The number of hydrogen-bond donors (Lipinski definition) is 0. The second-order valence-corrected chi connectivity index (χ2v) is 11.9. The Morgan fingerprint density at radius 2 is 1.91 bits per heavy atom. The van der Waals surface area contributed by atoms with Gasteiger partial charge in [0.05, 0.1) is 38.7 Å². The number of fused-ring (bicyclic) bond motifs is 2. The third-order valence-electron chi connectivity index (χ3n) is 6.45. The number of para-hydroxylation sites is 1. The molecule has 3 heterocycles. The van der Waals surface area contributed by atoms with Gasteiger partial charge in [-0.05, 0) is 56.6 Å². The summed E-state index contributed by atoms with van der Waals surface area (Å²) in [6.45, 7) is 4.62. The van der Waals surface area contributed by atoms with Gasteiger partial charge < -0.3 is 4.57 Å². The number of likely N-dealkylation sites (tertiary alicyclic amines) is 1. The molecule has 0 bridgehead atoms. The lowest BCUT2D eigenvalue weighted by Crippen LogP contribution is -2.33. The molecule has 1 aliphatic heterocycles. The lowest BCUT2D eigenvalue weighted by Gasteiger charge is -2.34. The Hall–Kier alpha value is -2.33. The van der Waals surface area contributed by atoms with Crippen molar-refractivity contribution in [3.8, 4) is 0 Å². The van der Waals surface area contributed by atoms with Crippen LogP contribution in [0.3, 0.4) is 0 Å². The highest BCUT2D eigenvalue weighted by Gasteiger charge is 2.28. The van der Waals surface area contributed by atoms with Crippen molar-refractivity contribution >= 4 is 42.6 Å². The Morgan fingerprint density at radius 3 is 2.67 bits per heavy atom. The van der Waals surface area contributed by atoms with Gasteiger partial charge in [0, 0.05) is 20.6 Å². The summed E-state index contributed by atoms with van der Waals surface area (Å²) in [5.41, 5.74) is 2.76. The van der Waals surface area contributed by atoms with Crippen molar-refractivity contribution in [1.29, 1.82) is 0 Å². The van der Waals surface area contributed by atoms with Crippen LogP contribution in [0.4, 0.5) is 0 Å². The van der Waals surface area contributed by atoms with Gasteiger partial charge in [-0.15, -0.1) is 11.3 Å². The molecule has 2 aromatic heterocycles. The van der Waals surface area contributed by atoms with Crippen molar-refractivity contribution in [2.75, 3.05) is 20.6 Å². The quantitative estimate of drug-likeness (QED) is 0.399. The molecule has 5 rings (SSSR count). The molecule has 0 radical (unpaired) electrons. The van der Waals surface area contributed by atoms with Gasteiger partial charge in [-0.2, -0.15) is 0 Å². The summed E-state index contributed by atoms with van der Waals surface area (Å²) < 4.78 is 29.9. The summed E-state index contributed by atoms with van der Waals surface area (Å²) in [4.78, 5) is 12.6. The molecule has 7 nitrogen and oxygen atoms in total. The molecule has 0 amide bonds. The zero-order chi connectivity index (χ0) is 23.2. The van der Waals surface area contributed by atoms with Crippen LogP contribution in [0.25, 0.3) is 21.3 Å². The van der Waals surface area contributed by atoms with Crippen LogP contribution in [0, 0.1) is 0 Å². The normalized spacial score (nSPS) is 18.0. The zero-order valence-corrected chi connectivity index (χ0v) is 20.9. The molecule has 0 aliphatic carbocycles. The number of aryl methyl sites for hydroxylation is 1. The van der Waals surface area contributed by atoms with Crippen LogP contribution in [0.5, 0.6) is 0 Å². The minimum Gasteiger partial charge on any atom is -0.327 e. The smallest absolute Gasteiger partial charge is 0.242 e. The minimum absolute atomic E-state index is 0.276. The zero-order valence-electron chi connectivity index (χ0n) is 19.2. The maximum Gasteiger partial charge on any atom is 0.242 e. The molecule has 1 fully saturated rings. The first-order chi connectivity index (χ1) is 15.9. The monoisotopic (exact) mass is 483 g/mol. The predicted molar refractivity (Wildman–Crippen MR) is 133 cm³/mol. The highest BCUT2D eigenvalue weighted by atomic mass is 32.2.